The molecule has 1 heterocycles. The second-order valence-corrected chi connectivity index (χ2v) is 5.88. The molecule has 0 fully saturated rings. The van der Waals surface area contributed by atoms with Crippen molar-refractivity contribution in [2.45, 2.75) is 20.3 Å². The molecular formula is C18H15ClO3. The van der Waals surface area contributed by atoms with Crippen molar-refractivity contribution in [2.75, 3.05) is 0 Å². The Morgan fingerprint density at radius 1 is 1.18 bits per heavy atom. The summed E-state index contributed by atoms with van der Waals surface area (Å²) < 4.78 is 5.71. The van der Waals surface area contributed by atoms with Crippen LogP contribution in [0.1, 0.15) is 19.4 Å². The first-order valence-corrected chi connectivity index (χ1v) is 7.36. The number of benzene rings is 2. The summed E-state index contributed by atoms with van der Waals surface area (Å²) in [7, 11) is 0. The van der Waals surface area contributed by atoms with Gasteiger partial charge in [-0.2, -0.15) is 0 Å². The monoisotopic (exact) mass is 314 g/mol. The summed E-state index contributed by atoms with van der Waals surface area (Å²) in [5.41, 5.74) is 2.30. The first-order chi connectivity index (χ1) is 10.5. The van der Waals surface area contributed by atoms with Gasteiger partial charge in [0.1, 0.15) is 22.3 Å². The van der Waals surface area contributed by atoms with Gasteiger partial charge in [0, 0.05) is 0 Å². The lowest BCUT2D eigenvalue weighted by molar-refractivity contribution is 0.474. The Balaban J connectivity index is 2.36. The normalized spacial score (nSPS) is 11.0. The molecule has 0 radical (unpaired) electrons. The lowest BCUT2D eigenvalue weighted by Crippen LogP contribution is -2.04. The molecule has 0 aliphatic carbocycles. The van der Waals surface area contributed by atoms with Crippen LogP contribution in [-0.2, 0) is 6.42 Å². The summed E-state index contributed by atoms with van der Waals surface area (Å²) in [5, 5.41) is 11.3. The molecule has 1 N–H and O–H groups in total. The summed E-state index contributed by atoms with van der Waals surface area (Å²) >= 11 is 6.11. The quantitative estimate of drug-likeness (QED) is 0.545. The lowest BCUT2D eigenvalue weighted by Gasteiger charge is -2.07. The van der Waals surface area contributed by atoms with Gasteiger partial charge in [-0.3, -0.25) is 4.79 Å². The standard InChI is InChI=1S/C18H15ClO3/c1-10(2)6-7-11-8-9-14-16(17(11)20)18(21)15-12(19)4-3-5-13(15)22-14/h3-6,8-9,20H,7H2,1-2H3. The van der Waals surface area contributed by atoms with Crippen molar-refractivity contribution in [1.82, 2.24) is 0 Å². The predicted octanol–water partition coefficient (Wildman–Crippen LogP) is 4.81. The van der Waals surface area contributed by atoms with Crippen LogP contribution in [0.2, 0.25) is 5.02 Å². The van der Waals surface area contributed by atoms with Crippen LogP contribution >= 0.6 is 11.6 Å². The highest BCUT2D eigenvalue weighted by Crippen LogP contribution is 2.31. The van der Waals surface area contributed by atoms with E-state index in [1.807, 2.05) is 19.9 Å². The van der Waals surface area contributed by atoms with Crippen molar-refractivity contribution in [3.63, 3.8) is 0 Å². The van der Waals surface area contributed by atoms with Crippen LogP contribution in [0.25, 0.3) is 21.9 Å². The van der Waals surface area contributed by atoms with Gasteiger partial charge in [0.05, 0.1) is 10.4 Å². The molecule has 0 spiro atoms. The molecule has 2 aromatic carbocycles. The van der Waals surface area contributed by atoms with Crippen molar-refractivity contribution in [2.24, 2.45) is 0 Å². The minimum Gasteiger partial charge on any atom is -0.507 e. The number of hydrogen-bond donors (Lipinski definition) is 1. The molecule has 0 aliphatic heterocycles. The summed E-state index contributed by atoms with van der Waals surface area (Å²) in [4.78, 5) is 12.7. The summed E-state index contributed by atoms with van der Waals surface area (Å²) in [6.45, 7) is 3.97. The number of rotatable bonds is 2. The number of hydrogen-bond acceptors (Lipinski definition) is 3. The van der Waals surface area contributed by atoms with Crippen LogP contribution in [0, 0.1) is 0 Å². The van der Waals surface area contributed by atoms with Crippen molar-refractivity contribution < 1.29 is 9.52 Å². The van der Waals surface area contributed by atoms with E-state index in [9.17, 15) is 9.90 Å². The predicted molar refractivity (Wildman–Crippen MR) is 89.8 cm³/mol. The Hall–Kier alpha value is -2.26. The van der Waals surface area contributed by atoms with Gasteiger partial charge in [0.25, 0.3) is 0 Å². The minimum atomic E-state index is -0.307. The van der Waals surface area contributed by atoms with Gasteiger partial charge in [0.15, 0.2) is 0 Å². The van der Waals surface area contributed by atoms with Crippen LogP contribution in [0.15, 0.2) is 51.2 Å². The Morgan fingerprint density at radius 3 is 2.64 bits per heavy atom. The van der Waals surface area contributed by atoms with Gasteiger partial charge < -0.3 is 9.52 Å². The van der Waals surface area contributed by atoms with Crippen LogP contribution in [-0.4, -0.2) is 5.11 Å². The first kappa shape index (κ1) is 14.7. The van der Waals surface area contributed by atoms with Gasteiger partial charge in [-0.1, -0.05) is 35.4 Å². The summed E-state index contributed by atoms with van der Waals surface area (Å²) in [6.07, 6.45) is 2.56. The molecule has 0 atom stereocenters. The van der Waals surface area contributed by atoms with Crippen LogP contribution < -0.4 is 5.43 Å². The molecule has 1 aromatic heterocycles. The topological polar surface area (TPSA) is 50.4 Å². The highest BCUT2D eigenvalue weighted by Gasteiger charge is 2.15. The van der Waals surface area contributed by atoms with Crippen molar-refractivity contribution in [3.05, 3.63) is 62.8 Å². The Labute approximate surface area is 132 Å². The zero-order valence-corrected chi connectivity index (χ0v) is 13.1. The molecule has 3 nitrogen and oxygen atoms in total. The number of phenolic OH excluding ortho intramolecular Hbond substituents is 1. The molecule has 3 aromatic rings. The molecule has 0 bridgehead atoms. The Morgan fingerprint density at radius 2 is 1.91 bits per heavy atom. The molecular weight excluding hydrogens is 300 g/mol. The van der Waals surface area contributed by atoms with E-state index in [4.69, 9.17) is 16.0 Å². The average Bonchev–Trinajstić information content (AvgIpc) is 2.46. The molecule has 0 saturated heterocycles. The van der Waals surface area contributed by atoms with E-state index in [1.54, 1.807) is 30.3 Å². The van der Waals surface area contributed by atoms with Crippen molar-refractivity contribution >= 4 is 33.5 Å². The molecule has 0 saturated carbocycles. The fourth-order valence-electron chi connectivity index (χ4n) is 2.45. The number of aromatic hydroxyl groups is 1. The molecule has 4 heteroatoms. The van der Waals surface area contributed by atoms with Crippen molar-refractivity contribution in [1.29, 1.82) is 0 Å². The molecule has 3 rings (SSSR count). The van der Waals surface area contributed by atoms with Gasteiger partial charge in [-0.25, -0.2) is 0 Å². The second kappa shape index (κ2) is 5.50. The first-order valence-electron chi connectivity index (χ1n) is 6.98. The van der Waals surface area contributed by atoms with E-state index in [0.29, 0.717) is 33.6 Å². The Kier molecular flexibility index (Phi) is 3.67. The zero-order chi connectivity index (χ0) is 15.9. The van der Waals surface area contributed by atoms with E-state index in [-0.39, 0.29) is 16.6 Å². The van der Waals surface area contributed by atoms with Gasteiger partial charge in [-0.15, -0.1) is 0 Å². The lowest BCUT2D eigenvalue weighted by atomic mass is 10.0. The smallest absolute Gasteiger partial charge is 0.205 e. The van der Waals surface area contributed by atoms with E-state index in [2.05, 4.69) is 0 Å². The van der Waals surface area contributed by atoms with Crippen LogP contribution in [0.4, 0.5) is 0 Å². The second-order valence-electron chi connectivity index (χ2n) is 5.48. The number of halogens is 1. The van der Waals surface area contributed by atoms with E-state index in [1.165, 1.54) is 0 Å². The maximum atomic E-state index is 12.7. The summed E-state index contributed by atoms with van der Waals surface area (Å²) in [6, 6.07) is 8.54. The van der Waals surface area contributed by atoms with E-state index >= 15 is 0 Å². The largest absolute Gasteiger partial charge is 0.507 e. The molecule has 0 unspecified atom stereocenters. The molecule has 0 amide bonds. The van der Waals surface area contributed by atoms with Gasteiger partial charge >= 0.3 is 0 Å². The molecule has 0 aliphatic rings. The number of fused-ring (bicyclic) bond motifs is 2. The third kappa shape index (κ3) is 2.38. The fourth-order valence-corrected chi connectivity index (χ4v) is 2.70. The maximum absolute atomic E-state index is 12.7. The molecule has 112 valence electrons. The zero-order valence-electron chi connectivity index (χ0n) is 12.3. The maximum Gasteiger partial charge on any atom is 0.205 e. The highest BCUT2D eigenvalue weighted by atomic mass is 35.5. The average molecular weight is 315 g/mol. The SMILES string of the molecule is CC(C)=CCc1ccc2oc3cccc(Cl)c3c(=O)c2c1O. The third-order valence-corrected chi connectivity index (χ3v) is 3.92. The third-order valence-electron chi connectivity index (χ3n) is 3.60. The minimum absolute atomic E-state index is 0.0365. The highest BCUT2D eigenvalue weighted by molar-refractivity contribution is 6.35. The van der Waals surface area contributed by atoms with Crippen molar-refractivity contribution in [3.8, 4) is 5.75 Å². The van der Waals surface area contributed by atoms with E-state index < -0.39 is 0 Å². The van der Waals surface area contributed by atoms with Crippen LogP contribution in [0.3, 0.4) is 0 Å². The number of phenols is 1. The van der Waals surface area contributed by atoms with E-state index in [0.717, 1.165) is 5.57 Å². The van der Waals surface area contributed by atoms with Crippen LogP contribution in [0.5, 0.6) is 5.75 Å². The van der Waals surface area contributed by atoms with Gasteiger partial charge in [0.2, 0.25) is 5.43 Å². The Bertz CT molecular complexity index is 963. The number of allylic oxidation sites excluding steroid dienone is 2. The summed E-state index contributed by atoms with van der Waals surface area (Å²) in [5.74, 6) is -0.0365. The van der Waals surface area contributed by atoms with Gasteiger partial charge in [-0.05, 0) is 44.0 Å². The fraction of sp³-hybridized carbons (Fsp3) is 0.167. The molecule has 22 heavy (non-hydrogen) atoms.